The van der Waals surface area contributed by atoms with Crippen molar-refractivity contribution in [2.75, 3.05) is 11.9 Å². The van der Waals surface area contributed by atoms with Crippen LogP contribution in [0.15, 0.2) is 24.3 Å². The van der Waals surface area contributed by atoms with Crippen LogP contribution in [-0.2, 0) is 9.59 Å². The number of urea groups is 1. The monoisotopic (exact) mass is 374 g/mol. The predicted octanol–water partition coefficient (Wildman–Crippen LogP) is 2.84. The minimum absolute atomic E-state index is 0.0307. The van der Waals surface area contributed by atoms with Gasteiger partial charge >= 0.3 is 6.03 Å². The van der Waals surface area contributed by atoms with Gasteiger partial charge in [0.25, 0.3) is 0 Å². The molecule has 7 nitrogen and oxygen atoms in total. The summed E-state index contributed by atoms with van der Waals surface area (Å²) in [5.74, 6) is -0.194. The Morgan fingerprint density at radius 3 is 2.33 bits per heavy atom. The Bertz CT molecular complexity index is 639. The Morgan fingerprint density at radius 2 is 1.70 bits per heavy atom. The average molecular weight is 374 g/mol. The molecule has 0 aromatic heterocycles. The molecule has 2 rings (SSSR count). The van der Waals surface area contributed by atoms with Gasteiger partial charge in [-0.05, 0) is 37.5 Å². The van der Waals surface area contributed by atoms with Gasteiger partial charge in [0.15, 0.2) is 0 Å². The van der Waals surface area contributed by atoms with Gasteiger partial charge in [-0.2, -0.15) is 0 Å². The third-order valence-corrected chi connectivity index (χ3v) is 4.74. The second-order valence-electron chi connectivity index (χ2n) is 6.97. The Kier molecular flexibility index (Phi) is 8.10. The topological polar surface area (TPSA) is 99.3 Å². The number of carbonyl (C=O) groups excluding carboxylic acids is 3. The molecule has 1 aliphatic rings. The van der Waals surface area contributed by atoms with E-state index in [2.05, 4.69) is 21.3 Å². The SMILES string of the molecule is CCC(=O)Nc1ccc([C@@H](C)NC(=O)NCC(=O)NC2CCCCC2)cc1. The molecule has 1 aromatic carbocycles. The molecule has 4 amide bonds. The molecular formula is C20H30N4O3. The van der Waals surface area contributed by atoms with Crippen LogP contribution in [0.4, 0.5) is 10.5 Å². The number of hydrogen-bond donors (Lipinski definition) is 4. The van der Waals surface area contributed by atoms with E-state index in [1.807, 2.05) is 19.1 Å². The minimum Gasteiger partial charge on any atom is -0.352 e. The van der Waals surface area contributed by atoms with Gasteiger partial charge in [-0.3, -0.25) is 9.59 Å². The normalized spacial score (nSPS) is 15.5. The number of amides is 4. The lowest BCUT2D eigenvalue weighted by molar-refractivity contribution is -0.121. The maximum absolute atomic E-state index is 12.0. The van der Waals surface area contributed by atoms with E-state index >= 15 is 0 Å². The lowest BCUT2D eigenvalue weighted by Crippen LogP contribution is -2.45. The summed E-state index contributed by atoms with van der Waals surface area (Å²) < 4.78 is 0. The van der Waals surface area contributed by atoms with Crippen LogP contribution in [0.25, 0.3) is 0 Å². The summed E-state index contributed by atoms with van der Waals surface area (Å²) in [7, 11) is 0. The summed E-state index contributed by atoms with van der Waals surface area (Å²) in [5, 5.41) is 11.2. The third kappa shape index (κ3) is 7.29. The average Bonchev–Trinajstić information content (AvgIpc) is 2.67. The molecule has 1 fully saturated rings. The summed E-state index contributed by atoms with van der Waals surface area (Å²) in [6, 6.07) is 6.94. The van der Waals surface area contributed by atoms with Crippen LogP contribution in [0.1, 0.15) is 64.0 Å². The Hall–Kier alpha value is -2.57. The van der Waals surface area contributed by atoms with Crippen LogP contribution in [0.3, 0.4) is 0 Å². The molecule has 1 aromatic rings. The van der Waals surface area contributed by atoms with Gasteiger partial charge in [0.05, 0.1) is 12.6 Å². The van der Waals surface area contributed by atoms with Crippen molar-refractivity contribution in [1.82, 2.24) is 16.0 Å². The van der Waals surface area contributed by atoms with Crippen molar-refractivity contribution in [2.24, 2.45) is 0 Å². The molecule has 1 aliphatic carbocycles. The number of hydrogen-bond acceptors (Lipinski definition) is 3. The highest BCUT2D eigenvalue weighted by Gasteiger charge is 2.16. The van der Waals surface area contributed by atoms with Gasteiger partial charge in [-0.15, -0.1) is 0 Å². The molecule has 0 spiro atoms. The molecule has 148 valence electrons. The standard InChI is InChI=1S/C20H30N4O3/c1-3-18(25)23-17-11-9-15(10-12-17)14(2)22-20(27)21-13-19(26)24-16-7-5-4-6-8-16/h9-12,14,16H,3-8,13H2,1-2H3,(H,23,25)(H,24,26)(H2,21,22,27)/t14-/m1/s1. The van der Waals surface area contributed by atoms with Crippen molar-refractivity contribution in [3.05, 3.63) is 29.8 Å². The maximum Gasteiger partial charge on any atom is 0.315 e. The zero-order chi connectivity index (χ0) is 19.6. The van der Waals surface area contributed by atoms with E-state index in [0.717, 1.165) is 36.9 Å². The molecule has 0 radical (unpaired) electrons. The van der Waals surface area contributed by atoms with Crippen molar-refractivity contribution in [3.8, 4) is 0 Å². The molecule has 1 atom stereocenters. The Labute approximate surface area is 160 Å². The maximum atomic E-state index is 12.0. The van der Waals surface area contributed by atoms with E-state index in [9.17, 15) is 14.4 Å². The molecule has 7 heteroatoms. The van der Waals surface area contributed by atoms with Crippen molar-refractivity contribution in [3.63, 3.8) is 0 Å². The molecule has 0 aliphatic heterocycles. The highest BCUT2D eigenvalue weighted by atomic mass is 16.2. The van der Waals surface area contributed by atoms with E-state index in [-0.39, 0.29) is 36.5 Å². The fourth-order valence-electron chi connectivity index (χ4n) is 3.12. The van der Waals surface area contributed by atoms with Crippen LogP contribution < -0.4 is 21.3 Å². The molecular weight excluding hydrogens is 344 g/mol. The lowest BCUT2D eigenvalue weighted by atomic mass is 9.95. The molecule has 0 heterocycles. The third-order valence-electron chi connectivity index (χ3n) is 4.74. The molecule has 0 unspecified atom stereocenters. The Balaban J connectivity index is 1.72. The first-order valence-electron chi connectivity index (χ1n) is 9.71. The Morgan fingerprint density at radius 1 is 1.04 bits per heavy atom. The molecule has 0 bridgehead atoms. The second kappa shape index (κ2) is 10.5. The van der Waals surface area contributed by atoms with E-state index in [1.54, 1.807) is 19.1 Å². The van der Waals surface area contributed by atoms with E-state index in [1.165, 1.54) is 6.42 Å². The molecule has 4 N–H and O–H groups in total. The summed E-state index contributed by atoms with van der Waals surface area (Å²) in [5.41, 5.74) is 1.63. The van der Waals surface area contributed by atoms with Crippen LogP contribution in [0.5, 0.6) is 0 Å². The van der Waals surface area contributed by atoms with Gasteiger partial charge in [0, 0.05) is 18.2 Å². The van der Waals surface area contributed by atoms with Gasteiger partial charge in [-0.25, -0.2) is 4.79 Å². The lowest BCUT2D eigenvalue weighted by Gasteiger charge is -2.23. The highest BCUT2D eigenvalue weighted by Crippen LogP contribution is 2.17. The van der Waals surface area contributed by atoms with Crippen molar-refractivity contribution >= 4 is 23.5 Å². The summed E-state index contributed by atoms with van der Waals surface area (Å²) in [6.07, 6.45) is 5.99. The van der Waals surface area contributed by atoms with Crippen molar-refractivity contribution in [1.29, 1.82) is 0 Å². The number of anilines is 1. The van der Waals surface area contributed by atoms with Crippen molar-refractivity contribution < 1.29 is 14.4 Å². The van der Waals surface area contributed by atoms with Gasteiger partial charge in [0.1, 0.15) is 0 Å². The largest absolute Gasteiger partial charge is 0.352 e. The zero-order valence-electron chi connectivity index (χ0n) is 16.1. The fourth-order valence-corrected chi connectivity index (χ4v) is 3.12. The minimum atomic E-state index is -0.385. The number of nitrogens with one attached hydrogen (secondary N) is 4. The van der Waals surface area contributed by atoms with E-state index < -0.39 is 0 Å². The first kappa shape index (κ1) is 20.7. The zero-order valence-corrected chi connectivity index (χ0v) is 16.1. The number of carbonyl (C=O) groups is 3. The highest BCUT2D eigenvalue weighted by molar-refractivity contribution is 5.90. The van der Waals surface area contributed by atoms with E-state index in [4.69, 9.17) is 0 Å². The quantitative estimate of drug-likeness (QED) is 0.590. The molecule has 0 saturated heterocycles. The fraction of sp³-hybridized carbons (Fsp3) is 0.550. The number of rotatable bonds is 7. The number of benzene rings is 1. The summed E-state index contributed by atoms with van der Waals surface area (Å²) >= 11 is 0. The first-order valence-corrected chi connectivity index (χ1v) is 9.71. The van der Waals surface area contributed by atoms with Gasteiger partial charge < -0.3 is 21.3 Å². The molecule has 1 saturated carbocycles. The van der Waals surface area contributed by atoms with Crippen molar-refractivity contribution in [2.45, 2.75) is 64.5 Å². The van der Waals surface area contributed by atoms with Crippen LogP contribution in [0, 0.1) is 0 Å². The summed E-state index contributed by atoms with van der Waals surface area (Å²) in [6.45, 7) is 3.63. The van der Waals surface area contributed by atoms with Gasteiger partial charge in [0.2, 0.25) is 11.8 Å². The van der Waals surface area contributed by atoms with Crippen LogP contribution in [-0.4, -0.2) is 30.4 Å². The second-order valence-corrected chi connectivity index (χ2v) is 6.97. The predicted molar refractivity (Wildman–Crippen MR) is 105 cm³/mol. The van der Waals surface area contributed by atoms with Crippen LogP contribution >= 0.6 is 0 Å². The van der Waals surface area contributed by atoms with E-state index in [0.29, 0.717) is 6.42 Å². The first-order chi connectivity index (χ1) is 13.0. The van der Waals surface area contributed by atoms with Crippen LogP contribution in [0.2, 0.25) is 0 Å². The smallest absolute Gasteiger partial charge is 0.315 e. The molecule has 27 heavy (non-hydrogen) atoms. The van der Waals surface area contributed by atoms with Gasteiger partial charge in [-0.1, -0.05) is 38.3 Å². The summed E-state index contributed by atoms with van der Waals surface area (Å²) in [4.78, 5) is 35.3.